The molecule has 1 aliphatic heterocycles. The lowest BCUT2D eigenvalue weighted by atomic mass is 10.2. The van der Waals surface area contributed by atoms with Gasteiger partial charge in [0, 0.05) is 55.7 Å². The Bertz CT molecular complexity index is 193. The van der Waals surface area contributed by atoms with Gasteiger partial charge in [-0.1, -0.05) is 13.8 Å². The second-order valence-corrected chi connectivity index (χ2v) is 5.72. The highest BCUT2D eigenvalue weighted by molar-refractivity contribution is 14.1. The van der Waals surface area contributed by atoms with E-state index in [0.29, 0.717) is 0 Å². The van der Waals surface area contributed by atoms with Crippen LogP contribution < -0.4 is 3.53 Å². The summed E-state index contributed by atoms with van der Waals surface area (Å²) in [6, 6.07) is 0. The number of hydrogen-bond donors (Lipinski definition) is 1. The van der Waals surface area contributed by atoms with E-state index in [0.717, 1.165) is 51.8 Å². The van der Waals surface area contributed by atoms with Gasteiger partial charge in [-0.25, -0.2) is 0 Å². The second-order valence-electron chi connectivity index (χ2n) is 4.96. The van der Waals surface area contributed by atoms with Crippen molar-refractivity contribution in [3.05, 3.63) is 0 Å². The molecule has 0 bridgehead atoms. The van der Waals surface area contributed by atoms with Crippen LogP contribution >= 0.6 is 22.9 Å². The van der Waals surface area contributed by atoms with Gasteiger partial charge < -0.3 is 9.47 Å². The first-order valence-electron chi connectivity index (χ1n) is 6.47. The third-order valence-corrected chi connectivity index (χ3v) is 3.25. The lowest BCUT2D eigenvalue weighted by Gasteiger charge is -2.33. The summed E-state index contributed by atoms with van der Waals surface area (Å²) in [5.41, 5.74) is 0. The van der Waals surface area contributed by atoms with Gasteiger partial charge in [0.25, 0.3) is 0 Å². The first-order valence-corrected chi connectivity index (χ1v) is 7.55. The summed E-state index contributed by atoms with van der Waals surface area (Å²) in [5, 5.41) is 0. The molecule has 1 atom stereocenters. The van der Waals surface area contributed by atoms with Gasteiger partial charge in [0.1, 0.15) is 0 Å². The van der Waals surface area contributed by atoms with Crippen molar-refractivity contribution >= 4 is 22.9 Å². The molecule has 4 nitrogen and oxygen atoms in total. The Labute approximate surface area is 119 Å². The Hall–Kier alpha value is 0.570. The van der Waals surface area contributed by atoms with Gasteiger partial charge in [-0.05, 0) is 12.3 Å². The van der Waals surface area contributed by atoms with Gasteiger partial charge in [-0.2, -0.15) is 0 Å². The molecule has 1 aliphatic rings. The molecule has 1 fully saturated rings. The molecule has 1 N–H and O–H groups in total. The zero-order chi connectivity index (χ0) is 12.5. The van der Waals surface area contributed by atoms with E-state index in [1.807, 2.05) is 0 Å². The molecule has 0 spiro atoms. The molecule has 0 saturated carbocycles. The van der Waals surface area contributed by atoms with Gasteiger partial charge in [-0.15, -0.1) is 0 Å². The van der Waals surface area contributed by atoms with Crippen LogP contribution in [0, 0.1) is 5.92 Å². The summed E-state index contributed by atoms with van der Waals surface area (Å²) in [4.78, 5) is 2.48. The molecule has 0 aromatic carbocycles. The number of nitrogens with zero attached hydrogens (tertiary/aromatic N) is 1. The van der Waals surface area contributed by atoms with E-state index < -0.39 is 0 Å². The van der Waals surface area contributed by atoms with E-state index in [1.165, 1.54) is 6.54 Å². The quantitative estimate of drug-likeness (QED) is 0.408. The van der Waals surface area contributed by atoms with Crippen molar-refractivity contribution in [2.75, 3.05) is 46.0 Å². The van der Waals surface area contributed by atoms with Crippen molar-refractivity contribution < 1.29 is 9.47 Å². The Morgan fingerprint density at radius 2 is 2.35 bits per heavy atom. The van der Waals surface area contributed by atoms with Crippen LogP contribution in [0.3, 0.4) is 0 Å². The minimum absolute atomic E-state index is 0.259. The molecule has 0 amide bonds. The van der Waals surface area contributed by atoms with Crippen LogP contribution in [0.25, 0.3) is 0 Å². The molecule has 0 aromatic heterocycles. The number of nitrogens with one attached hydrogen (secondary N) is 1. The molecule has 0 unspecified atom stereocenters. The highest BCUT2D eigenvalue weighted by Crippen LogP contribution is 2.08. The molecule has 1 rings (SSSR count). The molecule has 5 heteroatoms. The minimum atomic E-state index is 0.259. The third kappa shape index (κ3) is 7.56. The first-order chi connectivity index (χ1) is 8.22. The Morgan fingerprint density at radius 3 is 3.06 bits per heavy atom. The Morgan fingerprint density at radius 1 is 1.53 bits per heavy atom. The summed E-state index contributed by atoms with van der Waals surface area (Å²) >= 11 is 2.16. The van der Waals surface area contributed by atoms with E-state index >= 15 is 0 Å². The monoisotopic (exact) mass is 356 g/mol. The van der Waals surface area contributed by atoms with Gasteiger partial charge in [0.05, 0.1) is 19.3 Å². The predicted molar refractivity (Wildman–Crippen MR) is 78.5 cm³/mol. The van der Waals surface area contributed by atoms with Gasteiger partial charge in [-0.3, -0.25) is 8.43 Å². The molecule has 1 saturated heterocycles. The average molecular weight is 356 g/mol. The molecule has 102 valence electrons. The topological polar surface area (TPSA) is 33.7 Å². The summed E-state index contributed by atoms with van der Waals surface area (Å²) in [6.07, 6.45) is 1.32. The fraction of sp³-hybridized carbons (Fsp3) is 1.00. The number of hydrogen-bond acceptors (Lipinski definition) is 4. The number of morpholine rings is 1. The first kappa shape index (κ1) is 15.6. The molecule has 1 heterocycles. The van der Waals surface area contributed by atoms with Crippen molar-refractivity contribution in [2.45, 2.75) is 26.4 Å². The van der Waals surface area contributed by atoms with Crippen LogP contribution in [0.4, 0.5) is 0 Å². The average Bonchev–Trinajstić information content (AvgIpc) is 2.28. The van der Waals surface area contributed by atoms with E-state index in [-0.39, 0.29) is 6.10 Å². The fourth-order valence-electron chi connectivity index (χ4n) is 2.02. The van der Waals surface area contributed by atoms with Crippen LogP contribution in [-0.2, 0) is 9.47 Å². The summed E-state index contributed by atoms with van der Waals surface area (Å²) < 4.78 is 14.4. The number of halogens is 1. The standard InChI is InChI=1S/C12H25IN2O2/c1-11(2)8-15-5-7-17-12(9-15)10-16-6-3-4-14-13/h11-12,14H,3-10H2,1-2H3/t12-/m1/s1. The number of rotatable bonds is 8. The van der Waals surface area contributed by atoms with Crippen molar-refractivity contribution in [3.63, 3.8) is 0 Å². The largest absolute Gasteiger partial charge is 0.379 e. The SMILES string of the molecule is CC(C)CN1CCO[C@@H](COCCCNI)C1. The zero-order valence-electron chi connectivity index (χ0n) is 11.0. The predicted octanol–water partition coefficient (Wildman–Crippen LogP) is 1.69. The van der Waals surface area contributed by atoms with Gasteiger partial charge in [0.2, 0.25) is 0 Å². The molecular formula is C12H25IN2O2. The fourth-order valence-corrected chi connectivity index (χ4v) is 2.40. The van der Waals surface area contributed by atoms with E-state index in [9.17, 15) is 0 Å². The molecule has 0 aromatic rings. The van der Waals surface area contributed by atoms with E-state index in [4.69, 9.17) is 9.47 Å². The van der Waals surface area contributed by atoms with Crippen molar-refractivity contribution in [1.82, 2.24) is 8.43 Å². The smallest absolute Gasteiger partial charge is 0.0935 e. The van der Waals surface area contributed by atoms with Crippen LogP contribution in [0.1, 0.15) is 20.3 Å². The molecular weight excluding hydrogens is 331 g/mol. The summed E-state index contributed by atoms with van der Waals surface area (Å²) in [7, 11) is 0. The third-order valence-electron chi connectivity index (χ3n) is 2.71. The second kappa shape index (κ2) is 9.49. The molecule has 0 aliphatic carbocycles. The Balaban J connectivity index is 2.08. The minimum Gasteiger partial charge on any atom is -0.379 e. The normalized spacial score (nSPS) is 22.2. The molecule has 17 heavy (non-hydrogen) atoms. The zero-order valence-corrected chi connectivity index (χ0v) is 13.1. The van der Waals surface area contributed by atoms with Crippen LogP contribution in [0.5, 0.6) is 0 Å². The lowest BCUT2D eigenvalue weighted by molar-refractivity contribution is -0.0711. The van der Waals surface area contributed by atoms with Crippen LogP contribution in [0.2, 0.25) is 0 Å². The van der Waals surface area contributed by atoms with Crippen molar-refractivity contribution in [1.29, 1.82) is 0 Å². The highest BCUT2D eigenvalue weighted by atomic mass is 127. The lowest BCUT2D eigenvalue weighted by Crippen LogP contribution is -2.45. The van der Waals surface area contributed by atoms with Crippen LogP contribution in [0.15, 0.2) is 0 Å². The maximum Gasteiger partial charge on any atom is 0.0935 e. The maximum absolute atomic E-state index is 5.71. The molecule has 0 radical (unpaired) electrons. The van der Waals surface area contributed by atoms with E-state index in [2.05, 4.69) is 45.1 Å². The van der Waals surface area contributed by atoms with E-state index in [1.54, 1.807) is 0 Å². The van der Waals surface area contributed by atoms with Gasteiger partial charge >= 0.3 is 0 Å². The summed E-state index contributed by atoms with van der Waals surface area (Å²) in [5.74, 6) is 0.726. The van der Waals surface area contributed by atoms with Crippen molar-refractivity contribution in [3.8, 4) is 0 Å². The summed E-state index contributed by atoms with van der Waals surface area (Å²) in [6.45, 7) is 11.2. The Kier molecular flexibility index (Phi) is 8.73. The van der Waals surface area contributed by atoms with Gasteiger partial charge in [0.15, 0.2) is 0 Å². The maximum atomic E-state index is 5.71. The number of ether oxygens (including phenoxy) is 2. The van der Waals surface area contributed by atoms with Crippen LogP contribution in [-0.4, -0.2) is 57.0 Å². The van der Waals surface area contributed by atoms with Crippen molar-refractivity contribution in [2.24, 2.45) is 5.92 Å². The highest BCUT2D eigenvalue weighted by Gasteiger charge is 2.20.